The molecule has 0 aromatic carbocycles. The third-order valence-corrected chi connectivity index (χ3v) is 4.59. The van der Waals surface area contributed by atoms with Crippen LogP contribution >= 0.6 is 0 Å². The summed E-state index contributed by atoms with van der Waals surface area (Å²) >= 11 is 0. The van der Waals surface area contributed by atoms with Crippen LogP contribution in [0.4, 0.5) is 0 Å². The summed E-state index contributed by atoms with van der Waals surface area (Å²) in [4.78, 5) is 0. The van der Waals surface area contributed by atoms with Crippen molar-refractivity contribution in [1.82, 2.24) is 5.32 Å². The highest BCUT2D eigenvalue weighted by Crippen LogP contribution is 2.84. The van der Waals surface area contributed by atoms with Crippen molar-refractivity contribution in [3.63, 3.8) is 0 Å². The monoisotopic (exact) mass is 151 g/mol. The lowest BCUT2D eigenvalue weighted by molar-refractivity contribution is 0.151. The van der Waals surface area contributed by atoms with Crippen LogP contribution in [-0.2, 0) is 0 Å². The van der Waals surface area contributed by atoms with Crippen molar-refractivity contribution in [2.75, 3.05) is 13.1 Å². The first kappa shape index (κ1) is 6.47. The largest absolute Gasteiger partial charge is 0.317 e. The molecule has 1 aliphatic heterocycles. The van der Waals surface area contributed by atoms with Crippen molar-refractivity contribution in [1.29, 1.82) is 0 Å². The Balaban J connectivity index is 1.81. The van der Waals surface area contributed by atoms with Crippen LogP contribution in [0.25, 0.3) is 0 Å². The van der Waals surface area contributed by atoms with Gasteiger partial charge in [0, 0.05) is 0 Å². The van der Waals surface area contributed by atoms with E-state index in [1.54, 1.807) is 12.8 Å². The van der Waals surface area contributed by atoms with E-state index in [4.69, 9.17) is 0 Å². The maximum Gasteiger partial charge on any atom is -0.00435 e. The summed E-state index contributed by atoms with van der Waals surface area (Å²) in [5.41, 5.74) is 1.62. The molecule has 0 bridgehead atoms. The van der Waals surface area contributed by atoms with Crippen LogP contribution < -0.4 is 5.32 Å². The third-order valence-electron chi connectivity index (χ3n) is 4.59. The number of rotatable bonds is 1. The second-order valence-electron chi connectivity index (χ2n) is 5.07. The van der Waals surface area contributed by atoms with Gasteiger partial charge < -0.3 is 5.32 Å². The molecule has 0 aromatic heterocycles. The molecule has 1 heteroatoms. The fourth-order valence-corrected chi connectivity index (χ4v) is 3.16. The minimum Gasteiger partial charge on any atom is -0.317 e. The number of fused-ring (bicyclic) bond motifs is 1. The Bertz CT molecular complexity index is 185. The summed E-state index contributed by atoms with van der Waals surface area (Å²) < 4.78 is 0. The summed E-state index contributed by atoms with van der Waals surface area (Å²) in [6, 6.07) is 0. The Hall–Kier alpha value is -0.0400. The molecule has 1 saturated heterocycles. The van der Waals surface area contributed by atoms with Gasteiger partial charge in [0.15, 0.2) is 0 Å². The predicted molar refractivity (Wildman–Crippen MR) is 45.4 cm³/mol. The van der Waals surface area contributed by atoms with E-state index in [2.05, 4.69) is 12.2 Å². The van der Waals surface area contributed by atoms with E-state index in [1.807, 2.05) is 0 Å². The SMILES string of the molecule is CC1(C23CC2C3)CCNCC1. The van der Waals surface area contributed by atoms with Gasteiger partial charge in [0.1, 0.15) is 0 Å². The highest BCUT2D eigenvalue weighted by Gasteiger charge is 2.76. The minimum absolute atomic E-state index is 0.739. The van der Waals surface area contributed by atoms with Crippen molar-refractivity contribution in [2.24, 2.45) is 16.7 Å². The molecule has 1 N–H and O–H groups in total. The molecule has 62 valence electrons. The average Bonchev–Trinajstić information content (AvgIpc) is 2.72. The number of piperidine rings is 1. The maximum absolute atomic E-state index is 3.46. The summed E-state index contributed by atoms with van der Waals surface area (Å²) in [5.74, 6) is 1.17. The average molecular weight is 151 g/mol. The number of hydrogen-bond donors (Lipinski definition) is 1. The lowest BCUT2D eigenvalue weighted by atomic mass is 9.72. The van der Waals surface area contributed by atoms with Gasteiger partial charge >= 0.3 is 0 Å². The second kappa shape index (κ2) is 1.66. The van der Waals surface area contributed by atoms with Crippen molar-refractivity contribution in [3.05, 3.63) is 0 Å². The molecule has 0 atom stereocenters. The first-order valence-corrected chi connectivity index (χ1v) is 4.98. The van der Waals surface area contributed by atoms with Gasteiger partial charge in [0.05, 0.1) is 0 Å². The van der Waals surface area contributed by atoms with Gasteiger partial charge in [-0.2, -0.15) is 0 Å². The molecule has 0 aromatic rings. The van der Waals surface area contributed by atoms with Crippen molar-refractivity contribution in [2.45, 2.75) is 32.6 Å². The number of hydrogen-bond acceptors (Lipinski definition) is 1. The molecular weight excluding hydrogens is 134 g/mol. The fourth-order valence-electron chi connectivity index (χ4n) is 3.16. The molecule has 0 spiro atoms. The van der Waals surface area contributed by atoms with Gasteiger partial charge in [0.25, 0.3) is 0 Å². The highest BCUT2D eigenvalue weighted by atomic mass is 14.9. The zero-order valence-electron chi connectivity index (χ0n) is 7.32. The van der Waals surface area contributed by atoms with Gasteiger partial charge in [-0.05, 0) is 55.5 Å². The standard InChI is InChI=1S/C10H17N/c1-9(2-4-11-5-3-9)10-6-8(10)7-10/h8,11H,2-7H2,1H3. The summed E-state index contributed by atoms with van der Waals surface area (Å²) in [6.07, 6.45) is 6.01. The van der Waals surface area contributed by atoms with E-state index in [9.17, 15) is 0 Å². The predicted octanol–water partition coefficient (Wildman–Crippen LogP) is 1.79. The molecule has 3 rings (SSSR count). The molecule has 11 heavy (non-hydrogen) atoms. The molecule has 3 fully saturated rings. The van der Waals surface area contributed by atoms with Crippen LogP contribution in [0.5, 0.6) is 0 Å². The van der Waals surface area contributed by atoms with Gasteiger partial charge in [-0.25, -0.2) is 0 Å². The van der Waals surface area contributed by atoms with E-state index in [1.165, 1.54) is 31.8 Å². The normalized spacial score (nSPS) is 51.5. The zero-order chi connectivity index (χ0) is 7.53. The van der Waals surface area contributed by atoms with Gasteiger partial charge in [0.2, 0.25) is 0 Å². The maximum atomic E-state index is 3.46. The van der Waals surface area contributed by atoms with E-state index in [-0.39, 0.29) is 0 Å². The number of nitrogens with one attached hydrogen (secondary N) is 1. The summed E-state index contributed by atoms with van der Waals surface area (Å²) in [6.45, 7) is 5.07. The Morgan fingerprint density at radius 3 is 2.18 bits per heavy atom. The molecule has 3 aliphatic rings. The molecule has 0 radical (unpaired) electrons. The summed E-state index contributed by atoms with van der Waals surface area (Å²) in [7, 11) is 0. The molecule has 1 heterocycles. The van der Waals surface area contributed by atoms with Gasteiger partial charge in [-0.1, -0.05) is 6.92 Å². The summed E-state index contributed by atoms with van der Waals surface area (Å²) in [5, 5.41) is 3.46. The topological polar surface area (TPSA) is 12.0 Å². The van der Waals surface area contributed by atoms with E-state index >= 15 is 0 Å². The highest BCUT2D eigenvalue weighted by molar-refractivity contribution is 5.25. The lowest BCUT2D eigenvalue weighted by Crippen LogP contribution is -2.38. The Labute approximate surface area is 68.6 Å². The van der Waals surface area contributed by atoms with Crippen LogP contribution in [0.15, 0.2) is 0 Å². The zero-order valence-corrected chi connectivity index (χ0v) is 7.32. The third kappa shape index (κ3) is 0.658. The quantitative estimate of drug-likeness (QED) is 0.602. The van der Waals surface area contributed by atoms with E-state index in [0.717, 1.165) is 10.8 Å². The molecule has 1 nitrogen and oxygen atoms in total. The van der Waals surface area contributed by atoms with Crippen LogP contribution in [-0.4, -0.2) is 13.1 Å². The van der Waals surface area contributed by atoms with Gasteiger partial charge in [-0.3, -0.25) is 0 Å². The minimum atomic E-state index is 0.739. The van der Waals surface area contributed by atoms with Crippen molar-refractivity contribution < 1.29 is 0 Å². The van der Waals surface area contributed by atoms with Crippen LogP contribution in [0.1, 0.15) is 32.6 Å². The van der Waals surface area contributed by atoms with E-state index < -0.39 is 0 Å². The van der Waals surface area contributed by atoms with Crippen molar-refractivity contribution in [3.8, 4) is 0 Å². The Kier molecular flexibility index (Phi) is 0.976. The van der Waals surface area contributed by atoms with Crippen molar-refractivity contribution >= 4 is 0 Å². The van der Waals surface area contributed by atoms with E-state index in [0.29, 0.717) is 0 Å². The molecule has 2 saturated carbocycles. The lowest BCUT2D eigenvalue weighted by Gasteiger charge is -2.37. The molecular formula is C10H17N. The van der Waals surface area contributed by atoms with Gasteiger partial charge in [-0.15, -0.1) is 0 Å². The molecule has 0 amide bonds. The van der Waals surface area contributed by atoms with Crippen LogP contribution in [0, 0.1) is 16.7 Å². The Morgan fingerprint density at radius 1 is 1.18 bits per heavy atom. The van der Waals surface area contributed by atoms with Crippen LogP contribution in [0.3, 0.4) is 0 Å². The first-order chi connectivity index (χ1) is 5.27. The smallest absolute Gasteiger partial charge is 0.00435 e. The van der Waals surface area contributed by atoms with Crippen LogP contribution in [0.2, 0.25) is 0 Å². The molecule has 0 unspecified atom stereocenters. The first-order valence-electron chi connectivity index (χ1n) is 4.98. The fraction of sp³-hybridized carbons (Fsp3) is 1.00. The second-order valence-corrected chi connectivity index (χ2v) is 5.07. The Morgan fingerprint density at radius 2 is 1.73 bits per heavy atom. The molecule has 2 aliphatic carbocycles.